The first kappa shape index (κ1) is 11.3. The van der Waals surface area contributed by atoms with Gasteiger partial charge >= 0.3 is 0 Å². The first-order valence-corrected chi connectivity index (χ1v) is 5.92. The average molecular weight is 217 g/mol. The third kappa shape index (κ3) is 2.36. The summed E-state index contributed by atoms with van der Waals surface area (Å²) in [7, 11) is -1.63. The molecule has 0 atom stereocenters. The number of hydrogen-bond donors (Lipinski definition) is 0. The third-order valence-corrected chi connectivity index (χ3v) is 4.18. The zero-order valence-electron chi connectivity index (χ0n) is 8.60. The highest BCUT2D eigenvalue weighted by Gasteiger charge is 2.22. The molecule has 1 heterocycles. The Labute approximate surface area is 84.6 Å². The largest absolute Gasteiger partial charge is 0.468 e. The minimum atomic E-state index is -3.18. The smallest absolute Gasteiger partial charge is 0.216 e. The Kier molecular flexibility index (Phi) is 3.34. The van der Waals surface area contributed by atoms with E-state index >= 15 is 0 Å². The van der Waals surface area contributed by atoms with Crippen LogP contribution in [-0.4, -0.2) is 25.0 Å². The van der Waals surface area contributed by atoms with Gasteiger partial charge in [-0.15, -0.1) is 0 Å². The lowest BCUT2D eigenvalue weighted by molar-refractivity contribution is 0.403. The predicted octanol–water partition coefficient (Wildman–Crippen LogP) is 1.45. The number of sulfonamides is 1. The highest BCUT2D eigenvalue weighted by molar-refractivity contribution is 7.89. The van der Waals surface area contributed by atoms with E-state index < -0.39 is 15.3 Å². The molecule has 0 aliphatic heterocycles. The molecule has 0 aromatic carbocycles. The van der Waals surface area contributed by atoms with Crippen molar-refractivity contribution in [2.75, 3.05) is 7.05 Å². The van der Waals surface area contributed by atoms with Gasteiger partial charge < -0.3 is 4.42 Å². The highest BCUT2D eigenvalue weighted by Crippen LogP contribution is 2.11. The fourth-order valence-electron chi connectivity index (χ4n) is 1.07. The molecule has 0 aliphatic rings. The molecule has 0 unspecified atom stereocenters. The van der Waals surface area contributed by atoms with Crippen LogP contribution in [0.3, 0.4) is 0 Å². The van der Waals surface area contributed by atoms with Gasteiger partial charge in [0, 0.05) is 7.05 Å². The summed E-state index contributed by atoms with van der Waals surface area (Å²) in [6, 6.07) is 3.50. The Balaban J connectivity index is 2.72. The van der Waals surface area contributed by atoms with Gasteiger partial charge in [-0.05, 0) is 26.0 Å². The molecule has 80 valence electrons. The summed E-state index contributed by atoms with van der Waals surface area (Å²) in [6.07, 6.45) is 1.53. The van der Waals surface area contributed by atoms with E-state index in [0.717, 1.165) is 0 Å². The van der Waals surface area contributed by atoms with Crippen LogP contribution in [0.5, 0.6) is 0 Å². The summed E-state index contributed by atoms with van der Waals surface area (Å²) in [5.41, 5.74) is 0. The summed E-state index contributed by atoms with van der Waals surface area (Å²) >= 11 is 0. The molecule has 14 heavy (non-hydrogen) atoms. The maximum absolute atomic E-state index is 11.6. The molecule has 1 aromatic rings. The molecular formula is C9H15NO3S. The zero-order chi connectivity index (χ0) is 10.8. The first-order valence-electron chi connectivity index (χ1n) is 4.42. The standard InChI is InChI=1S/C9H15NO3S/c1-8(2)14(11,12)10(3)7-9-5-4-6-13-9/h4-6,8H,7H2,1-3H3. The van der Waals surface area contributed by atoms with Crippen LogP contribution < -0.4 is 0 Å². The molecule has 0 spiro atoms. The molecule has 4 nitrogen and oxygen atoms in total. The lowest BCUT2D eigenvalue weighted by atomic mass is 10.4. The minimum absolute atomic E-state index is 0.285. The predicted molar refractivity (Wildman–Crippen MR) is 54.2 cm³/mol. The van der Waals surface area contributed by atoms with Gasteiger partial charge in [0.25, 0.3) is 0 Å². The van der Waals surface area contributed by atoms with E-state index in [2.05, 4.69) is 0 Å². The van der Waals surface area contributed by atoms with Crippen molar-refractivity contribution >= 4 is 10.0 Å². The molecule has 0 saturated carbocycles. The van der Waals surface area contributed by atoms with Crippen LogP contribution in [0, 0.1) is 0 Å². The van der Waals surface area contributed by atoms with Gasteiger partial charge in [-0.1, -0.05) is 0 Å². The second-order valence-corrected chi connectivity index (χ2v) is 6.03. The highest BCUT2D eigenvalue weighted by atomic mass is 32.2. The van der Waals surface area contributed by atoms with Gasteiger partial charge in [0.05, 0.1) is 18.1 Å². The van der Waals surface area contributed by atoms with Crippen LogP contribution in [0.25, 0.3) is 0 Å². The van der Waals surface area contributed by atoms with E-state index in [9.17, 15) is 8.42 Å². The van der Waals surface area contributed by atoms with Crippen LogP contribution in [-0.2, 0) is 16.6 Å². The summed E-state index contributed by atoms with van der Waals surface area (Å²) in [5.74, 6) is 0.650. The number of hydrogen-bond acceptors (Lipinski definition) is 3. The number of furan rings is 1. The number of rotatable bonds is 4. The molecule has 0 N–H and O–H groups in total. The molecule has 0 fully saturated rings. The van der Waals surface area contributed by atoms with E-state index in [1.165, 1.54) is 10.6 Å². The van der Waals surface area contributed by atoms with E-state index in [4.69, 9.17) is 4.42 Å². The molecule has 0 saturated heterocycles. The summed E-state index contributed by atoms with van der Waals surface area (Å²) in [5, 5.41) is -0.400. The van der Waals surface area contributed by atoms with E-state index in [0.29, 0.717) is 5.76 Å². The quantitative estimate of drug-likeness (QED) is 0.767. The molecule has 1 aromatic heterocycles. The molecule has 0 aliphatic carbocycles. The van der Waals surface area contributed by atoms with Crippen molar-refractivity contribution in [3.8, 4) is 0 Å². The SMILES string of the molecule is CC(C)S(=O)(=O)N(C)Cc1ccco1. The van der Waals surface area contributed by atoms with Crippen LogP contribution >= 0.6 is 0 Å². The average Bonchev–Trinajstić information content (AvgIpc) is 2.56. The van der Waals surface area contributed by atoms with Crippen molar-refractivity contribution in [2.24, 2.45) is 0 Å². The molecule has 1 rings (SSSR count). The van der Waals surface area contributed by atoms with E-state index in [1.807, 2.05) is 0 Å². The van der Waals surface area contributed by atoms with E-state index in [-0.39, 0.29) is 6.54 Å². The molecular weight excluding hydrogens is 202 g/mol. The minimum Gasteiger partial charge on any atom is -0.468 e. The molecule has 0 radical (unpaired) electrons. The van der Waals surface area contributed by atoms with Crippen molar-refractivity contribution in [3.05, 3.63) is 24.2 Å². The topological polar surface area (TPSA) is 50.5 Å². The zero-order valence-corrected chi connectivity index (χ0v) is 9.41. The van der Waals surface area contributed by atoms with Gasteiger partial charge in [-0.3, -0.25) is 0 Å². The fourth-order valence-corrected chi connectivity index (χ4v) is 2.10. The maximum atomic E-state index is 11.6. The second kappa shape index (κ2) is 4.14. The fraction of sp³-hybridized carbons (Fsp3) is 0.556. The van der Waals surface area contributed by atoms with Crippen molar-refractivity contribution in [3.63, 3.8) is 0 Å². The molecule has 0 bridgehead atoms. The Morgan fingerprint density at radius 1 is 1.50 bits per heavy atom. The van der Waals surface area contributed by atoms with Crippen LogP contribution in [0.4, 0.5) is 0 Å². The van der Waals surface area contributed by atoms with Gasteiger partial charge in [0.15, 0.2) is 0 Å². The van der Waals surface area contributed by atoms with Crippen molar-refractivity contribution in [1.29, 1.82) is 0 Å². The Hall–Kier alpha value is -0.810. The summed E-state index contributed by atoms with van der Waals surface area (Å²) < 4.78 is 29.7. The van der Waals surface area contributed by atoms with Crippen molar-refractivity contribution < 1.29 is 12.8 Å². The van der Waals surface area contributed by atoms with Crippen molar-refractivity contribution in [1.82, 2.24) is 4.31 Å². The Bertz CT molecular complexity index is 367. The normalized spacial score (nSPS) is 12.6. The van der Waals surface area contributed by atoms with E-state index in [1.54, 1.807) is 33.0 Å². The van der Waals surface area contributed by atoms with Gasteiger partial charge in [-0.25, -0.2) is 8.42 Å². The Morgan fingerprint density at radius 2 is 2.14 bits per heavy atom. The van der Waals surface area contributed by atoms with Gasteiger partial charge in [0.1, 0.15) is 5.76 Å². The van der Waals surface area contributed by atoms with Gasteiger partial charge in [-0.2, -0.15) is 4.31 Å². The first-order chi connectivity index (χ1) is 6.44. The molecule has 5 heteroatoms. The van der Waals surface area contributed by atoms with Crippen LogP contribution in [0.1, 0.15) is 19.6 Å². The lowest BCUT2D eigenvalue weighted by Crippen LogP contribution is -2.32. The lowest BCUT2D eigenvalue weighted by Gasteiger charge is -2.18. The molecule has 0 amide bonds. The third-order valence-electron chi connectivity index (χ3n) is 1.99. The van der Waals surface area contributed by atoms with Gasteiger partial charge in [0.2, 0.25) is 10.0 Å². The maximum Gasteiger partial charge on any atom is 0.216 e. The second-order valence-electron chi connectivity index (χ2n) is 3.43. The van der Waals surface area contributed by atoms with Crippen molar-refractivity contribution in [2.45, 2.75) is 25.6 Å². The van der Waals surface area contributed by atoms with Crippen LogP contribution in [0.15, 0.2) is 22.8 Å². The monoisotopic (exact) mass is 217 g/mol. The summed E-state index contributed by atoms with van der Waals surface area (Å²) in [4.78, 5) is 0. The van der Waals surface area contributed by atoms with Crippen LogP contribution in [0.2, 0.25) is 0 Å². The number of nitrogens with zero attached hydrogens (tertiary/aromatic N) is 1. The Morgan fingerprint density at radius 3 is 2.57 bits per heavy atom. The summed E-state index contributed by atoms with van der Waals surface area (Å²) in [6.45, 7) is 3.61.